The van der Waals surface area contributed by atoms with Gasteiger partial charge in [0.05, 0.1) is 11.1 Å². The van der Waals surface area contributed by atoms with Crippen LogP contribution in [0.2, 0.25) is 0 Å². The molecule has 1 rings (SSSR count). The highest BCUT2D eigenvalue weighted by atomic mass is 16.7. The Morgan fingerprint density at radius 1 is 1.28 bits per heavy atom. The van der Waals surface area contributed by atoms with Crippen molar-refractivity contribution in [1.29, 1.82) is 0 Å². The standard InChI is InChI=1S/C8H10N6O4/c9-8(12-14(17)18)11-10-5-6-1-3-7(4-2-6)13(15)16/h1-5,8,11-12H,9H2/b10-5+. The third kappa shape index (κ3) is 4.40. The maximum Gasteiger partial charge on any atom is 0.269 e. The molecule has 0 radical (unpaired) electrons. The molecule has 1 aromatic rings. The molecule has 0 aromatic heterocycles. The lowest BCUT2D eigenvalue weighted by molar-refractivity contribution is -0.552. The highest BCUT2D eigenvalue weighted by Crippen LogP contribution is 2.10. The predicted molar refractivity (Wildman–Crippen MR) is 61.9 cm³/mol. The van der Waals surface area contributed by atoms with E-state index in [0.717, 1.165) is 0 Å². The molecule has 0 fully saturated rings. The number of non-ortho nitro benzene ring substituents is 1. The molecule has 0 aliphatic heterocycles. The Balaban J connectivity index is 2.52. The van der Waals surface area contributed by atoms with Gasteiger partial charge in [-0.05, 0) is 17.7 Å². The molecule has 4 N–H and O–H groups in total. The van der Waals surface area contributed by atoms with Crippen molar-refractivity contribution in [3.8, 4) is 0 Å². The zero-order chi connectivity index (χ0) is 13.5. The molecule has 10 nitrogen and oxygen atoms in total. The van der Waals surface area contributed by atoms with Gasteiger partial charge in [0.2, 0.25) is 6.29 Å². The van der Waals surface area contributed by atoms with Crippen molar-refractivity contribution in [1.82, 2.24) is 10.9 Å². The molecule has 1 aromatic carbocycles. The van der Waals surface area contributed by atoms with E-state index in [1.807, 2.05) is 0 Å². The number of hydrazone groups is 1. The van der Waals surface area contributed by atoms with E-state index in [9.17, 15) is 20.2 Å². The normalized spacial score (nSPS) is 12.1. The smallest absolute Gasteiger partial charge is 0.269 e. The molecule has 1 unspecified atom stereocenters. The van der Waals surface area contributed by atoms with Crippen LogP contribution in [0.3, 0.4) is 0 Å². The number of benzene rings is 1. The Morgan fingerprint density at radius 3 is 2.39 bits per heavy atom. The van der Waals surface area contributed by atoms with Crippen LogP contribution in [0.25, 0.3) is 0 Å². The summed E-state index contributed by atoms with van der Waals surface area (Å²) >= 11 is 0. The maximum atomic E-state index is 10.4. The number of hydrogen-bond donors (Lipinski definition) is 3. The number of nitrogens with one attached hydrogen (secondary N) is 2. The number of nitrogens with two attached hydrogens (primary N) is 1. The number of rotatable bonds is 6. The molecular formula is C8H10N6O4. The van der Waals surface area contributed by atoms with Crippen LogP contribution in [0.1, 0.15) is 5.56 Å². The van der Waals surface area contributed by atoms with E-state index < -0.39 is 16.2 Å². The van der Waals surface area contributed by atoms with Crippen molar-refractivity contribution >= 4 is 11.9 Å². The van der Waals surface area contributed by atoms with Gasteiger partial charge in [0.25, 0.3) is 5.69 Å². The SMILES string of the molecule is NC(N/N=C/c1ccc([N+](=O)[O-])cc1)N[N+](=O)[O-]. The quantitative estimate of drug-likeness (QED) is 0.269. The average Bonchev–Trinajstić information content (AvgIpc) is 2.28. The predicted octanol–water partition coefficient (Wildman–Crippen LogP) is -0.458. The van der Waals surface area contributed by atoms with Gasteiger partial charge in [-0.3, -0.25) is 21.3 Å². The molecule has 0 aliphatic rings. The van der Waals surface area contributed by atoms with E-state index in [1.54, 1.807) is 5.43 Å². The summed E-state index contributed by atoms with van der Waals surface area (Å²) < 4.78 is 0. The Kier molecular flexibility index (Phi) is 4.51. The third-order valence-corrected chi connectivity index (χ3v) is 1.78. The summed E-state index contributed by atoms with van der Waals surface area (Å²) in [5.41, 5.74) is 9.78. The Bertz CT molecular complexity index is 459. The third-order valence-electron chi connectivity index (χ3n) is 1.78. The molecule has 18 heavy (non-hydrogen) atoms. The minimum atomic E-state index is -1.13. The van der Waals surface area contributed by atoms with E-state index in [0.29, 0.717) is 5.56 Å². The van der Waals surface area contributed by atoms with Crippen LogP contribution in [-0.2, 0) is 0 Å². The second-order valence-corrected chi connectivity index (χ2v) is 3.10. The molecular weight excluding hydrogens is 244 g/mol. The largest absolute Gasteiger partial charge is 0.289 e. The topological polar surface area (TPSA) is 149 Å². The van der Waals surface area contributed by atoms with Crippen LogP contribution in [0.5, 0.6) is 0 Å². The molecule has 10 heteroatoms. The summed E-state index contributed by atoms with van der Waals surface area (Å²) in [6, 6.07) is 5.60. The van der Waals surface area contributed by atoms with Gasteiger partial charge in [0.15, 0.2) is 5.03 Å². The lowest BCUT2D eigenvalue weighted by atomic mass is 10.2. The van der Waals surface area contributed by atoms with Gasteiger partial charge in [-0.25, -0.2) is 10.1 Å². The number of nitro benzene ring substituents is 1. The van der Waals surface area contributed by atoms with Crippen molar-refractivity contribution < 1.29 is 9.96 Å². The first-order valence-electron chi connectivity index (χ1n) is 4.68. The summed E-state index contributed by atoms with van der Waals surface area (Å²) in [7, 11) is 0. The van der Waals surface area contributed by atoms with Gasteiger partial charge in [0.1, 0.15) is 0 Å². The molecule has 1 atom stereocenters. The first-order chi connectivity index (χ1) is 8.49. The van der Waals surface area contributed by atoms with Crippen LogP contribution in [-0.4, -0.2) is 22.5 Å². The van der Waals surface area contributed by atoms with Gasteiger partial charge >= 0.3 is 0 Å². The number of hydrazine groups is 1. The zero-order valence-electron chi connectivity index (χ0n) is 9.02. The van der Waals surface area contributed by atoms with Crippen LogP contribution in [0, 0.1) is 20.2 Å². The van der Waals surface area contributed by atoms with Crippen LogP contribution in [0.4, 0.5) is 5.69 Å². The van der Waals surface area contributed by atoms with E-state index in [4.69, 9.17) is 5.73 Å². The number of nitro groups is 2. The van der Waals surface area contributed by atoms with Crippen LogP contribution >= 0.6 is 0 Å². The fourth-order valence-corrected chi connectivity index (χ4v) is 1.02. The van der Waals surface area contributed by atoms with Gasteiger partial charge in [-0.1, -0.05) is 0 Å². The fraction of sp³-hybridized carbons (Fsp3) is 0.125. The van der Waals surface area contributed by atoms with Gasteiger partial charge in [-0.2, -0.15) is 5.10 Å². The molecule has 96 valence electrons. The lowest BCUT2D eigenvalue weighted by Crippen LogP contribution is -2.49. The molecule has 0 spiro atoms. The van der Waals surface area contributed by atoms with Crippen LogP contribution < -0.4 is 16.6 Å². The van der Waals surface area contributed by atoms with Gasteiger partial charge in [-0.15, -0.1) is 5.43 Å². The fourth-order valence-electron chi connectivity index (χ4n) is 1.02. The van der Waals surface area contributed by atoms with Crippen molar-refractivity contribution in [3.05, 3.63) is 50.1 Å². The average molecular weight is 254 g/mol. The van der Waals surface area contributed by atoms with Gasteiger partial charge < -0.3 is 0 Å². The monoisotopic (exact) mass is 254 g/mol. The molecule has 0 saturated carbocycles. The molecule has 0 heterocycles. The van der Waals surface area contributed by atoms with E-state index in [1.165, 1.54) is 30.5 Å². The minimum Gasteiger partial charge on any atom is -0.289 e. The summed E-state index contributed by atoms with van der Waals surface area (Å²) in [6.07, 6.45) is 0.194. The summed E-state index contributed by atoms with van der Waals surface area (Å²) in [5.74, 6) is 0. The van der Waals surface area contributed by atoms with E-state index in [-0.39, 0.29) is 5.69 Å². The second kappa shape index (κ2) is 6.10. The summed E-state index contributed by atoms with van der Waals surface area (Å²) in [6.45, 7) is 0. The number of hydrogen-bond acceptors (Lipinski definition) is 7. The van der Waals surface area contributed by atoms with E-state index in [2.05, 4.69) is 10.5 Å². The number of nitrogens with zero attached hydrogens (tertiary/aromatic N) is 3. The second-order valence-electron chi connectivity index (χ2n) is 3.10. The van der Waals surface area contributed by atoms with E-state index >= 15 is 0 Å². The van der Waals surface area contributed by atoms with Crippen molar-refractivity contribution in [2.45, 2.75) is 6.29 Å². The van der Waals surface area contributed by atoms with Crippen molar-refractivity contribution in [3.63, 3.8) is 0 Å². The zero-order valence-corrected chi connectivity index (χ0v) is 9.02. The minimum absolute atomic E-state index is 0.0353. The summed E-state index contributed by atoms with van der Waals surface area (Å²) in [5, 5.41) is 23.2. The van der Waals surface area contributed by atoms with Gasteiger partial charge in [0, 0.05) is 12.1 Å². The molecule has 0 saturated heterocycles. The lowest BCUT2D eigenvalue weighted by Gasteiger charge is -2.06. The molecule has 0 amide bonds. The van der Waals surface area contributed by atoms with Crippen molar-refractivity contribution in [2.24, 2.45) is 10.8 Å². The summed E-state index contributed by atoms with van der Waals surface area (Å²) in [4.78, 5) is 19.9. The first kappa shape index (κ1) is 13.3. The highest BCUT2D eigenvalue weighted by Gasteiger charge is 2.04. The highest BCUT2D eigenvalue weighted by molar-refractivity contribution is 5.79. The molecule has 0 bridgehead atoms. The Labute approximate surface area is 101 Å². The maximum absolute atomic E-state index is 10.4. The first-order valence-corrected chi connectivity index (χ1v) is 4.68. The Morgan fingerprint density at radius 2 is 1.89 bits per heavy atom. The Hall–Kier alpha value is -2.75. The van der Waals surface area contributed by atoms with Crippen molar-refractivity contribution in [2.75, 3.05) is 0 Å². The van der Waals surface area contributed by atoms with Crippen LogP contribution in [0.15, 0.2) is 29.4 Å². The molecule has 0 aliphatic carbocycles.